The van der Waals surface area contributed by atoms with Gasteiger partial charge in [-0.05, 0) is 12.5 Å². The van der Waals surface area contributed by atoms with Crippen LogP contribution in [0.25, 0.3) is 0 Å². The van der Waals surface area contributed by atoms with Crippen LogP contribution in [0.2, 0.25) is 0 Å². The lowest BCUT2D eigenvalue weighted by Gasteiger charge is -2.42. The van der Waals surface area contributed by atoms with Gasteiger partial charge in [0.2, 0.25) is 0 Å². The zero-order chi connectivity index (χ0) is 10.8. The number of hydrogen-bond donors (Lipinski definition) is 1. The number of carboxylic acids is 1. The van der Waals surface area contributed by atoms with Crippen molar-refractivity contribution in [1.82, 2.24) is 4.90 Å². The molecule has 0 spiro atoms. The molecule has 1 N–H and O–H groups in total. The molecule has 4 nitrogen and oxygen atoms in total. The van der Waals surface area contributed by atoms with E-state index in [1.165, 1.54) is 0 Å². The smallest absolute Gasteiger partial charge is 0.303 e. The summed E-state index contributed by atoms with van der Waals surface area (Å²) in [6, 6.07) is 0.201. The van der Waals surface area contributed by atoms with Crippen LogP contribution in [0.5, 0.6) is 0 Å². The first-order chi connectivity index (χ1) is 6.43. The zero-order valence-corrected chi connectivity index (χ0v) is 9.12. The van der Waals surface area contributed by atoms with Gasteiger partial charge in [-0.1, -0.05) is 13.8 Å². The second-order valence-electron chi connectivity index (χ2n) is 4.63. The van der Waals surface area contributed by atoms with Gasteiger partial charge in [-0.15, -0.1) is 0 Å². The monoisotopic (exact) mass is 201 g/mol. The van der Waals surface area contributed by atoms with Crippen molar-refractivity contribution in [3.05, 3.63) is 0 Å². The molecule has 0 aromatic heterocycles. The van der Waals surface area contributed by atoms with E-state index in [0.717, 1.165) is 13.2 Å². The molecule has 0 amide bonds. The van der Waals surface area contributed by atoms with Crippen molar-refractivity contribution in [2.75, 3.05) is 26.8 Å². The molecule has 4 heteroatoms. The molecule has 1 atom stereocenters. The molecule has 0 aliphatic carbocycles. The van der Waals surface area contributed by atoms with E-state index >= 15 is 0 Å². The Balaban J connectivity index is 2.63. The minimum absolute atomic E-state index is 0.186. The summed E-state index contributed by atoms with van der Waals surface area (Å²) >= 11 is 0. The van der Waals surface area contributed by atoms with Gasteiger partial charge >= 0.3 is 5.97 Å². The second-order valence-corrected chi connectivity index (χ2v) is 4.63. The first kappa shape index (κ1) is 11.5. The Morgan fingerprint density at radius 3 is 2.79 bits per heavy atom. The van der Waals surface area contributed by atoms with Crippen LogP contribution in [0.15, 0.2) is 0 Å². The number of likely N-dealkylation sites (N-methyl/N-ethyl adjacent to an activating group) is 1. The van der Waals surface area contributed by atoms with Gasteiger partial charge in [0.15, 0.2) is 0 Å². The highest BCUT2D eigenvalue weighted by molar-refractivity contribution is 5.67. The highest BCUT2D eigenvalue weighted by Crippen LogP contribution is 2.30. The molecule has 0 radical (unpaired) electrons. The fraction of sp³-hybridized carbons (Fsp3) is 0.900. The van der Waals surface area contributed by atoms with Crippen LogP contribution in [0, 0.1) is 5.41 Å². The Kier molecular flexibility index (Phi) is 3.50. The van der Waals surface area contributed by atoms with Crippen molar-refractivity contribution in [2.45, 2.75) is 26.3 Å². The van der Waals surface area contributed by atoms with Crippen LogP contribution < -0.4 is 0 Å². The Morgan fingerprint density at radius 1 is 1.64 bits per heavy atom. The number of ether oxygens (including phenoxy) is 1. The van der Waals surface area contributed by atoms with Crippen molar-refractivity contribution in [1.29, 1.82) is 0 Å². The molecule has 1 unspecified atom stereocenters. The quantitative estimate of drug-likeness (QED) is 0.734. The van der Waals surface area contributed by atoms with Crippen molar-refractivity contribution in [3.8, 4) is 0 Å². The highest BCUT2D eigenvalue weighted by Gasteiger charge is 2.36. The highest BCUT2D eigenvalue weighted by atomic mass is 16.5. The SMILES string of the molecule is CN1CCOCC1C(C)(C)CC(=O)O. The van der Waals surface area contributed by atoms with Gasteiger partial charge in [0.1, 0.15) is 0 Å². The standard InChI is InChI=1S/C10H19NO3/c1-10(2,6-9(12)13)8-7-14-5-4-11(8)3/h8H,4-7H2,1-3H3,(H,12,13). The first-order valence-electron chi connectivity index (χ1n) is 4.93. The van der Waals surface area contributed by atoms with Gasteiger partial charge in [-0.25, -0.2) is 0 Å². The van der Waals surface area contributed by atoms with Crippen LogP contribution in [-0.4, -0.2) is 48.8 Å². The molecule has 1 aliphatic heterocycles. The largest absolute Gasteiger partial charge is 0.481 e. The lowest BCUT2D eigenvalue weighted by atomic mass is 9.80. The van der Waals surface area contributed by atoms with E-state index < -0.39 is 5.97 Å². The third-order valence-corrected chi connectivity index (χ3v) is 2.91. The summed E-state index contributed by atoms with van der Waals surface area (Å²) in [5.41, 5.74) is -0.235. The average Bonchev–Trinajstić information content (AvgIpc) is 2.02. The predicted octanol–water partition coefficient (Wildman–Crippen LogP) is 0.818. The van der Waals surface area contributed by atoms with E-state index in [1.807, 2.05) is 20.9 Å². The predicted molar refractivity (Wildman–Crippen MR) is 53.3 cm³/mol. The fourth-order valence-electron chi connectivity index (χ4n) is 2.02. The van der Waals surface area contributed by atoms with Crippen molar-refractivity contribution in [2.24, 2.45) is 5.41 Å². The second kappa shape index (κ2) is 4.28. The van der Waals surface area contributed by atoms with E-state index in [4.69, 9.17) is 9.84 Å². The molecule has 82 valence electrons. The molecular formula is C10H19NO3. The Morgan fingerprint density at radius 2 is 2.29 bits per heavy atom. The Bertz CT molecular complexity index is 215. The number of carbonyl (C=O) groups is 1. The molecule has 1 heterocycles. The normalized spacial score (nSPS) is 24.9. The number of rotatable bonds is 3. The summed E-state index contributed by atoms with van der Waals surface area (Å²) in [6.07, 6.45) is 0.186. The third kappa shape index (κ3) is 2.69. The molecular weight excluding hydrogens is 182 g/mol. The Labute approximate surface area is 84.8 Å². The van der Waals surface area contributed by atoms with Gasteiger partial charge in [-0.3, -0.25) is 9.69 Å². The van der Waals surface area contributed by atoms with Crippen LogP contribution in [-0.2, 0) is 9.53 Å². The Hall–Kier alpha value is -0.610. The van der Waals surface area contributed by atoms with E-state index in [-0.39, 0.29) is 17.9 Å². The minimum atomic E-state index is -0.742. The van der Waals surface area contributed by atoms with Crippen molar-refractivity contribution in [3.63, 3.8) is 0 Å². The van der Waals surface area contributed by atoms with Gasteiger partial charge in [0, 0.05) is 12.6 Å². The number of carboxylic acid groups (broad SMARTS) is 1. The van der Waals surface area contributed by atoms with Gasteiger partial charge < -0.3 is 9.84 Å². The molecule has 1 aliphatic rings. The molecule has 14 heavy (non-hydrogen) atoms. The lowest BCUT2D eigenvalue weighted by molar-refractivity contribution is -0.141. The maximum atomic E-state index is 10.7. The number of nitrogens with zero attached hydrogens (tertiary/aromatic N) is 1. The van der Waals surface area contributed by atoms with E-state index in [2.05, 4.69) is 4.90 Å². The van der Waals surface area contributed by atoms with E-state index in [9.17, 15) is 4.79 Å². The van der Waals surface area contributed by atoms with Crippen LogP contribution >= 0.6 is 0 Å². The van der Waals surface area contributed by atoms with Crippen LogP contribution in [0.1, 0.15) is 20.3 Å². The molecule has 1 saturated heterocycles. The van der Waals surface area contributed by atoms with E-state index in [0.29, 0.717) is 6.61 Å². The third-order valence-electron chi connectivity index (χ3n) is 2.91. The number of aliphatic carboxylic acids is 1. The summed E-state index contributed by atoms with van der Waals surface area (Å²) in [5, 5.41) is 8.81. The maximum Gasteiger partial charge on any atom is 0.303 e. The van der Waals surface area contributed by atoms with Crippen molar-refractivity contribution >= 4 is 5.97 Å². The average molecular weight is 201 g/mol. The molecule has 0 bridgehead atoms. The molecule has 0 aromatic rings. The van der Waals surface area contributed by atoms with Gasteiger partial charge in [-0.2, -0.15) is 0 Å². The summed E-state index contributed by atoms with van der Waals surface area (Å²) < 4.78 is 5.39. The first-order valence-corrected chi connectivity index (χ1v) is 4.93. The zero-order valence-electron chi connectivity index (χ0n) is 9.12. The molecule has 0 saturated carbocycles. The van der Waals surface area contributed by atoms with Crippen molar-refractivity contribution < 1.29 is 14.6 Å². The van der Waals surface area contributed by atoms with Crippen LogP contribution in [0.3, 0.4) is 0 Å². The summed E-state index contributed by atoms with van der Waals surface area (Å²) in [4.78, 5) is 12.9. The molecule has 1 rings (SSSR count). The van der Waals surface area contributed by atoms with Gasteiger partial charge in [0.25, 0.3) is 0 Å². The summed E-state index contributed by atoms with van der Waals surface area (Å²) in [5.74, 6) is -0.742. The van der Waals surface area contributed by atoms with E-state index in [1.54, 1.807) is 0 Å². The topological polar surface area (TPSA) is 49.8 Å². The van der Waals surface area contributed by atoms with Gasteiger partial charge in [0.05, 0.1) is 19.6 Å². The maximum absolute atomic E-state index is 10.7. The summed E-state index contributed by atoms with van der Waals surface area (Å²) in [6.45, 7) is 6.23. The molecule has 1 fully saturated rings. The summed E-state index contributed by atoms with van der Waals surface area (Å²) in [7, 11) is 2.02. The molecule has 0 aromatic carbocycles. The van der Waals surface area contributed by atoms with Crippen LogP contribution in [0.4, 0.5) is 0 Å². The lowest BCUT2D eigenvalue weighted by Crippen LogP contribution is -2.51. The number of hydrogen-bond acceptors (Lipinski definition) is 3. The number of morpholine rings is 1. The minimum Gasteiger partial charge on any atom is -0.481 e. The fourth-order valence-corrected chi connectivity index (χ4v) is 2.02.